The normalized spacial score (nSPS) is 32.4. The van der Waals surface area contributed by atoms with Gasteiger partial charge in [0.15, 0.2) is 0 Å². The molecule has 4 nitrogen and oxygen atoms in total. The van der Waals surface area contributed by atoms with Crippen molar-refractivity contribution < 1.29 is 9.53 Å². The van der Waals surface area contributed by atoms with Crippen LogP contribution in [-0.4, -0.2) is 35.0 Å². The van der Waals surface area contributed by atoms with Crippen molar-refractivity contribution >= 4 is 5.91 Å². The van der Waals surface area contributed by atoms with Crippen LogP contribution in [0.1, 0.15) is 36.6 Å². The fourth-order valence-electron chi connectivity index (χ4n) is 3.81. The van der Waals surface area contributed by atoms with E-state index in [1.165, 1.54) is 11.3 Å². The average molecular weight is 258 g/mol. The maximum Gasteiger partial charge on any atom is 0.228 e. The van der Waals surface area contributed by atoms with Crippen LogP contribution in [0.5, 0.6) is 0 Å². The predicted octanol–water partition coefficient (Wildman–Crippen LogP) is 1.71. The van der Waals surface area contributed by atoms with E-state index in [-0.39, 0.29) is 12.0 Å². The van der Waals surface area contributed by atoms with Gasteiger partial charge in [-0.3, -0.25) is 9.78 Å². The molecule has 0 spiro atoms. The first-order valence-corrected chi connectivity index (χ1v) is 7.18. The van der Waals surface area contributed by atoms with E-state index in [1.807, 2.05) is 12.3 Å². The van der Waals surface area contributed by atoms with E-state index in [0.717, 1.165) is 32.3 Å². The van der Waals surface area contributed by atoms with Gasteiger partial charge in [0, 0.05) is 31.0 Å². The molecule has 1 aromatic heterocycles. The molecule has 2 bridgehead atoms. The number of nitrogens with zero attached hydrogens (tertiary/aromatic N) is 2. The van der Waals surface area contributed by atoms with Crippen LogP contribution in [0.3, 0.4) is 0 Å². The quantitative estimate of drug-likeness (QED) is 0.770. The molecule has 4 rings (SSSR count). The van der Waals surface area contributed by atoms with E-state index in [4.69, 9.17) is 4.74 Å². The van der Waals surface area contributed by atoms with Crippen LogP contribution in [0.25, 0.3) is 0 Å². The van der Waals surface area contributed by atoms with Crippen LogP contribution in [0.2, 0.25) is 0 Å². The van der Waals surface area contributed by atoms with Gasteiger partial charge in [0.25, 0.3) is 0 Å². The second kappa shape index (κ2) is 4.30. The van der Waals surface area contributed by atoms with Gasteiger partial charge >= 0.3 is 0 Å². The third kappa shape index (κ3) is 1.70. The van der Waals surface area contributed by atoms with Crippen LogP contribution in [-0.2, 0) is 16.0 Å². The van der Waals surface area contributed by atoms with E-state index in [9.17, 15) is 4.79 Å². The molecule has 19 heavy (non-hydrogen) atoms. The van der Waals surface area contributed by atoms with Crippen molar-refractivity contribution in [2.75, 3.05) is 13.2 Å². The van der Waals surface area contributed by atoms with Gasteiger partial charge in [0.2, 0.25) is 5.91 Å². The van der Waals surface area contributed by atoms with Gasteiger partial charge in [-0.25, -0.2) is 0 Å². The van der Waals surface area contributed by atoms with Gasteiger partial charge < -0.3 is 9.64 Å². The standard InChI is InChI=1S/C15H18N2O2/c18-15(10-5-7-19-9-10)17-11-3-4-14(17)12-2-1-6-16-13(12)8-11/h1-2,6,10-11,14H,3-5,7-9H2. The van der Waals surface area contributed by atoms with Crippen molar-refractivity contribution in [2.24, 2.45) is 5.92 Å². The summed E-state index contributed by atoms with van der Waals surface area (Å²) in [6, 6.07) is 4.75. The summed E-state index contributed by atoms with van der Waals surface area (Å²) in [6.45, 7) is 1.34. The Morgan fingerprint density at radius 2 is 2.32 bits per heavy atom. The molecule has 3 unspecified atom stereocenters. The summed E-state index contributed by atoms with van der Waals surface area (Å²) in [5.74, 6) is 0.390. The number of hydrogen-bond acceptors (Lipinski definition) is 3. The van der Waals surface area contributed by atoms with Gasteiger partial charge in [-0.2, -0.15) is 0 Å². The fraction of sp³-hybridized carbons (Fsp3) is 0.600. The molecule has 1 amide bonds. The van der Waals surface area contributed by atoms with E-state index in [0.29, 0.717) is 18.6 Å². The summed E-state index contributed by atoms with van der Waals surface area (Å²) in [5, 5.41) is 0. The van der Waals surface area contributed by atoms with Crippen molar-refractivity contribution in [3.63, 3.8) is 0 Å². The largest absolute Gasteiger partial charge is 0.381 e. The van der Waals surface area contributed by atoms with E-state index >= 15 is 0 Å². The Morgan fingerprint density at radius 1 is 1.37 bits per heavy atom. The molecule has 3 aliphatic heterocycles. The van der Waals surface area contributed by atoms with Crippen molar-refractivity contribution in [3.05, 3.63) is 29.6 Å². The molecule has 0 N–H and O–H groups in total. The molecule has 2 fully saturated rings. The number of amides is 1. The van der Waals surface area contributed by atoms with Gasteiger partial charge in [-0.1, -0.05) is 6.07 Å². The number of aromatic nitrogens is 1. The highest BCUT2D eigenvalue weighted by Crippen LogP contribution is 2.44. The number of carbonyl (C=O) groups is 1. The summed E-state index contributed by atoms with van der Waals surface area (Å²) in [7, 11) is 0. The Labute approximate surface area is 112 Å². The first kappa shape index (κ1) is 11.4. The van der Waals surface area contributed by atoms with Crippen molar-refractivity contribution in [1.82, 2.24) is 9.88 Å². The number of fused-ring (bicyclic) bond motifs is 4. The van der Waals surface area contributed by atoms with Crippen LogP contribution in [0, 0.1) is 5.92 Å². The molecular weight excluding hydrogens is 240 g/mol. The molecule has 100 valence electrons. The number of ether oxygens (including phenoxy) is 1. The minimum atomic E-state index is 0.0846. The molecule has 0 aliphatic carbocycles. The summed E-state index contributed by atoms with van der Waals surface area (Å²) >= 11 is 0. The molecular formula is C15H18N2O2. The zero-order chi connectivity index (χ0) is 12.8. The number of pyridine rings is 1. The van der Waals surface area contributed by atoms with Crippen molar-refractivity contribution in [2.45, 2.75) is 37.8 Å². The monoisotopic (exact) mass is 258 g/mol. The third-order valence-corrected chi connectivity index (χ3v) is 4.75. The summed E-state index contributed by atoms with van der Waals surface area (Å²) in [6.07, 6.45) is 5.87. The van der Waals surface area contributed by atoms with Gasteiger partial charge in [-0.05, 0) is 30.9 Å². The summed E-state index contributed by atoms with van der Waals surface area (Å²) < 4.78 is 5.37. The lowest BCUT2D eigenvalue weighted by Crippen LogP contribution is -2.45. The second-order valence-corrected chi connectivity index (χ2v) is 5.80. The van der Waals surface area contributed by atoms with Gasteiger partial charge in [0.05, 0.1) is 18.6 Å². The highest BCUT2D eigenvalue weighted by molar-refractivity contribution is 5.80. The average Bonchev–Trinajstić information content (AvgIpc) is 3.06. The first-order chi connectivity index (χ1) is 9.34. The number of rotatable bonds is 1. The summed E-state index contributed by atoms with van der Waals surface area (Å²) in [4.78, 5) is 19.3. The van der Waals surface area contributed by atoms with E-state index < -0.39 is 0 Å². The van der Waals surface area contributed by atoms with Crippen molar-refractivity contribution in [1.29, 1.82) is 0 Å². The zero-order valence-corrected chi connectivity index (χ0v) is 10.9. The molecule has 3 aliphatic rings. The highest BCUT2D eigenvalue weighted by atomic mass is 16.5. The van der Waals surface area contributed by atoms with Crippen LogP contribution in [0.15, 0.2) is 18.3 Å². The highest BCUT2D eigenvalue weighted by Gasteiger charge is 2.45. The maximum atomic E-state index is 12.7. The maximum absolute atomic E-state index is 12.7. The molecule has 2 saturated heterocycles. The Balaban J connectivity index is 1.66. The zero-order valence-electron chi connectivity index (χ0n) is 10.9. The molecule has 3 atom stereocenters. The van der Waals surface area contributed by atoms with Crippen LogP contribution in [0.4, 0.5) is 0 Å². The lowest BCUT2D eigenvalue weighted by molar-refractivity contribution is -0.139. The molecule has 0 aromatic carbocycles. The Hall–Kier alpha value is -1.42. The smallest absolute Gasteiger partial charge is 0.228 e. The summed E-state index contributed by atoms with van der Waals surface area (Å²) in [5.41, 5.74) is 2.46. The molecule has 0 saturated carbocycles. The number of carbonyl (C=O) groups excluding carboxylic acids is 1. The fourth-order valence-corrected chi connectivity index (χ4v) is 3.81. The second-order valence-electron chi connectivity index (χ2n) is 5.80. The Kier molecular flexibility index (Phi) is 2.58. The minimum Gasteiger partial charge on any atom is -0.381 e. The lowest BCUT2D eigenvalue weighted by atomic mass is 9.95. The molecule has 4 heteroatoms. The lowest BCUT2D eigenvalue weighted by Gasteiger charge is -2.37. The Morgan fingerprint density at radius 3 is 3.16 bits per heavy atom. The third-order valence-electron chi connectivity index (χ3n) is 4.75. The van der Waals surface area contributed by atoms with Crippen molar-refractivity contribution in [3.8, 4) is 0 Å². The molecule has 0 radical (unpaired) electrons. The topological polar surface area (TPSA) is 42.4 Å². The van der Waals surface area contributed by atoms with Crippen LogP contribution < -0.4 is 0 Å². The number of hydrogen-bond donors (Lipinski definition) is 0. The van der Waals surface area contributed by atoms with E-state index in [2.05, 4.69) is 16.0 Å². The first-order valence-electron chi connectivity index (χ1n) is 7.18. The predicted molar refractivity (Wildman–Crippen MR) is 69.5 cm³/mol. The minimum absolute atomic E-state index is 0.0846. The van der Waals surface area contributed by atoms with E-state index in [1.54, 1.807) is 0 Å². The SMILES string of the molecule is O=C(C1CCOC1)N1C2CCC1c1cccnc1C2. The molecule has 1 aromatic rings. The van der Waals surface area contributed by atoms with Gasteiger partial charge in [0.1, 0.15) is 0 Å². The van der Waals surface area contributed by atoms with Crippen LogP contribution >= 0.6 is 0 Å². The van der Waals surface area contributed by atoms with Gasteiger partial charge in [-0.15, -0.1) is 0 Å². The molecule has 4 heterocycles. The Bertz CT molecular complexity index is 511.